The van der Waals surface area contributed by atoms with Crippen molar-refractivity contribution in [2.45, 2.75) is 38.6 Å². The highest BCUT2D eigenvalue weighted by Crippen LogP contribution is 2.24. The maximum atomic E-state index is 11.8. The van der Waals surface area contributed by atoms with E-state index in [9.17, 15) is 9.59 Å². The van der Waals surface area contributed by atoms with Gasteiger partial charge >= 0.3 is 0 Å². The number of hydrogen-bond donors (Lipinski definition) is 3. The average Bonchev–Trinajstić information content (AvgIpc) is 2.40. The lowest BCUT2D eigenvalue weighted by Gasteiger charge is -2.12. The molecule has 0 heterocycles. The van der Waals surface area contributed by atoms with Crippen LogP contribution in [-0.4, -0.2) is 24.5 Å². The molecular weight excluding hydrogens is 270 g/mol. The van der Waals surface area contributed by atoms with Crippen LogP contribution in [0.4, 0.5) is 5.69 Å². The molecule has 21 heavy (non-hydrogen) atoms. The van der Waals surface area contributed by atoms with Crippen molar-refractivity contribution in [3.63, 3.8) is 0 Å². The van der Waals surface area contributed by atoms with Crippen LogP contribution in [-0.2, 0) is 9.59 Å². The van der Waals surface area contributed by atoms with E-state index >= 15 is 0 Å². The molecule has 2 amide bonds. The van der Waals surface area contributed by atoms with E-state index < -0.39 is 5.91 Å². The number of hydrogen-bond acceptors (Lipinski definition) is 4. The molecule has 0 saturated carbocycles. The molecule has 0 fully saturated rings. The van der Waals surface area contributed by atoms with E-state index in [-0.39, 0.29) is 25.0 Å². The summed E-state index contributed by atoms with van der Waals surface area (Å²) in [5.41, 5.74) is 11.3. The highest BCUT2D eigenvalue weighted by atomic mass is 16.5. The maximum absolute atomic E-state index is 11.8. The topological polar surface area (TPSA) is 107 Å². The molecular formula is C15H23N3O3. The van der Waals surface area contributed by atoms with E-state index in [4.69, 9.17) is 16.2 Å². The molecule has 0 aliphatic carbocycles. The Morgan fingerprint density at radius 3 is 2.67 bits per heavy atom. The number of nitrogens with one attached hydrogen (secondary N) is 1. The molecule has 1 atom stereocenters. The smallest absolute Gasteiger partial charge is 0.224 e. The van der Waals surface area contributed by atoms with Crippen molar-refractivity contribution in [3.8, 4) is 5.75 Å². The van der Waals surface area contributed by atoms with Gasteiger partial charge in [0.2, 0.25) is 11.8 Å². The molecule has 1 unspecified atom stereocenters. The number of rotatable bonds is 9. The van der Waals surface area contributed by atoms with E-state index in [0.717, 1.165) is 12.8 Å². The summed E-state index contributed by atoms with van der Waals surface area (Å²) in [7, 11) is 0. The van der Waals surface area contributed by atoms with Crippen molar-refractivity contribution >= 4 is 17.5 Å². The summed E-state index contributed by atoms with van der Waals surface area (Å²) in [4.78, 5) is 22.5. The molecule has 6 nitrogen and oxygen atoms in total. The summed E-state index contributed by atoms with van der Waals surface area (Å²) in [6.45, 7) is 2.10. The molecule has 1 aromatic rings. The fourth-order valence-electron chi connectivity index (χ4n) is 1.75. The average molecular weight is 293 g/mol. The zero-order chi connectivity index (χ0) is 15.7. The van der Waals surface area contributed by atoms with Crippen molar-refractivity contribution in [2.24, 2.45) is 11.5 Å². The predicted octanol–water partition coefficient (Wildman–Crippen LogP) is 1.40. The minimum Gasteiger partial charge on any atom is -0.491 e. The Balaban J connectivity index is 2.49. The van der Waals surface area contributed by atoms with Gasteiger partial charge in [0.05, 0.1) is 18.7 Å². The van der Waals surface area contributed by atoms with Gasteiger partial charge in [-0.05, 0) is 31.9 Å². The van der Waals surface area contributed by atoms with Crippen LogP contribution in [0.15, 0.2) is 24.3 Å². The van der Waals surface area contributed by atoms with Gasteiger partial charge in [-0.1, -0.05) is 12.1 Å². The Morgan fingerprint density at radius 2 is 2.00 bits per heavy atom. The molecule has 0 radical (unpaired) electrons. The van der Waals surface area contributed by atoms with Crippen LogP contribution in [0, 0.1) is 0 Å². The van der Waals surface area contributed by atoms with Gasteiger partial charge in [0.15, 0.2) is 0 Å². The van der Waals surface area contributed by atoms with Crippen LogP contribution in [0.3, 0.4) is 0 Å². The number of amides is 2. The van der Waals surface area contributed by atoms with Crippen LogP contribution in [0.1, 0.15) is 32.6 Å². The Bertz CT molecular complexity index is 475. The zero-order valence-electron chi connectivity index (χ0n) is 12.3. The number of benzene rings is 1. The van der Waals surface area contributed by atoms with E-state index in [1.165, 1.54) is 0 Å². The van der Waals surface area contributed by atoms with Gasteiger partial charge in [0.1, 0.15) is 5.75 Å². The van der Waals surface area contributed by atoms with Gasteiger partial charge in [-0.3, -0.25) is 9.59 Å². The van der Waals surface area contributed by atoms with Crippen LogP contribution < -0.4 is 21.5 Å². The van der Waals surface area contributed by atoms with Crippen molar-refractivity contribution < 1.29 is 14.3 Å². The summed E-state index contributed by atoms with van der Waals surface area (Å²) in [6, 6.07) is 7.19. The summed E-state index contributed by atoms with van der Waals surface area (Å²) in [6.07, 6.45) is 2.10. The number of carbonyl (C=O) groups is 2. The summed E-state index contributed by atoms with van der Waals surface area (Å²) >= 11 is 0. The normalized spacial score (nSPS) is 11.7. The summed E-state index contributed by atoms with van der Waals surface area (Å²) < 4.78 is 5.46. The Labute approximate surface area is 124 Å². The third-order valence-electron chi connectivity index (χ3n) is 2.83. The van der Waals surface area contributed by atoms with Crippen molar-refractivity contribution in [1.82, 2.24) is 0 Å². The molecule has 1 aromatic carbocycles. The van der Waals surface area contributed by atoms with Crippen molar-refractivity contribution in [3.05, 3.63) is 24.3 Å². The standard InChI is InChI=1S/C15H23N3O3/c1-11(16)5-4-8-15(20)18-12-6-2-3-7-13(12)21-10-9-14(17)19/h2-3,6-7,11H,4-5,8-10,16H2,1H3,(H2,17,19)(H,18,20). The summed E-state index contributed by atoms with van der Waals surface area (Å²) in [5.74, 6) is 0.0216. The van der Waals surface area contributed by atoms with Crippen LogP contribution in [0.5, 0.6) is 5.75 Å². The Morgan fingerprint density at radius 1 is 1.29 bits per heavy atom. The fraction of sp³-hybridized carbons (Fsp3) is 0.467. The zero-order valence-corrected chi connectivity index (χ0v) is 12.3. The van der Waals surface area contributed by atoms with E-state index in [2.05, 4.69) is 5.32 Å². The first-order valence-electron chi connectivity index (χ1n) is 7.04. The third kappa shape index (κ3) is 7.31. The lowest BCUT2D eigenvalue weighted by Crippen LogP contribution is -2.17. The second-order valence-electron chi connectivity index (χ2n) is 4.98. The van der Waals surface area contributed by atoms with Gasteiger partial charge in [-0.15, -0.1) is 0 Å². The summed E-state index contributed by atoms with van der Waals surface area (Å²) in [5, 5.41) is 2.80. The van der Waals surface area contributed by atoms with Crippen LogP contribution in [0.2, 0.25) is 0 Å². The molecule has 1 rings (SSSR count). The maximum Gasteiger partial charge on any atom is 0.224 e. The van der Waals surface area contributed by atoms with Crippen LogP contribution in [0.25, 0.3) is 0 Å². The first-order valence-corrected chi connectivity index (χ1v) is 7.04. The third-order valence-corrected chi connectivity index (χ3v) is 2.83. The predicted molar refractivity (Wildman–Crippen MR) is 81.9 cm³/mol. The van der Waals surface area contributed by atoms with Gasteiger partial charge in [0.25, 0.3) is 0 Å². The highest BCUT2D eigenvalue weighted by molar-refractivity contribution is 5.92. The fourth-order valence-corrected chi connectivity index (χ4v) is 1.75. The first-order chi connectivity index (χ1) is 9.99. The minimum absolute atomic E-state index is 0.0819. The molecule has 0 aromatic heterocycles. The number of anilines is 1. The van der Waals surface area contributed by atoms with Gasteiger partial charge in [0, 0.05) is 12.5 Å². The molecule has 116 valence electrons. The Hall–Kier alpha value is -2.08. The number of primary amides is 1. The van der Waals surface area contributed by atoms with Crippen molar-refractivity contribution in [2.75, 3.05) is 11.9 Å². The van der Waals surface area contributed by atoms with E-state index in [1.807, 2.05) is 6.92 Å². The lowest BCUT2D eigenvalue weighted by molar-refractivity contribution is -0.118. The second-order valence-corrected chi connectivity index (χ2v) is 4.98. The molecule has 6 heteroatoms. The molecule has 0 aliphatic rings. The van der Waals surface area contributed by atoms with E-state index in [1.54, 1.807) is 24.3 Å². The minimum atomic E-state index is -0.424. The quantitative estimate of drug-likeness (QED) is 0.639. The van der Waals surface area contributed by atoms with Gasteiger partial charge in [-0.25, -0.2) is 0 Å². The highest BCUT2D eigenvalue weighted by Gasteiger charge is 2.08. The van der Waals surface area contributed by atoms with Gasteiger partial charge in [-0.2, -0.15) is 0 Å². The molecule has 0 saturated heterocycles. The monoisotopic (exact) mass is 293 g/mol. The molecule has 0 spiro atoms. The Kier molecular flexibility index (Phi) is 7.25. The van der Waals surface area contributed by atoms with Gasteiger partial charge < -0.3 is 21.5 Å². The number of para-hydroxylation sites is 2. The van der Waals surface area contributed by atoms with Crippen LogP contribution >= 0.6 is 0 Å². The number of carbonyl (C=O) groups excluding carboxylic acids is 2. The largest absolute Gasteiger partial charge is 0.491 e. The first kappa shape index (κ1) is 17.0. The lowest BCUT2D eigenvalue weighted by atomic mass is 10.1. The number of nitrogens with two attached hydrogens (primary N) is 2. The van der Waals surface area contributed by atoms with E-state index in [0.29, 0.717) is 17.9 Å². The second kappa shape index (κ2) is 8.97. The molecule has 0 bridgehead atoms. The SMILES string of the molecule is CC(N)CCCC(=O)Nc1ccccc1OCCC(N)=O. The number of ether oxygens (including phenoxy) is 1. The van der Waals surface area contributed by atoms with Crippen molar-refractivity contribution in [1.29, 1.82) is 0 Å². The molecule has 5 N–H and O–H groups in total. The molecule has 0 aliphatic heterocycles.